The van der Waals surface area contributed by atoms with Crippen LogP contribution in [0.25, 0.3) is 0 Å². The van der Waals surface area contributed by atoms with Gasteiger partial charge in [0.25, 0.3) is 0 Å². The van der Waals surface area contributed by atoms with Gasteiger partial charge in [-0.2, -0.15) is 0 Å². The lowest BCUT2D eigenvalue weighted by molar-refractivity contribution is 0.350. The Kier molecular flexibility index (Phi) is 3.19. The molecular formula is C16H23N. The van der Waals surface area contributed by atoms with Gasteiger partial charge in [0.05, 0.1) is 0 Å². The normalized spacial score (nSPS) is 27.4. The zero-order valence-corrected chi connectivity index (χ0v) is 10.6. The lowest BCUT2D eigenvalue weighted by atomic mass is 9.74. The summed E-state index contributed by atoms with van der Waals surface area (Å²) < 4.78 is 0. The van der Waals surface area contributed by atoms with Crippen molar-refractivity contribution in [2.45, 2.75) is 56.4 Å². The molecule has 2 fully saturated rings. The van der Waals surface area contributed by atoms with Crippen molar-refractivity contribution in [3.8, 4) is 0 Å². The Morgan fingerprint density at radius 2 is 1.82 bits per heavy atom. The Labute approximate surface area is 105 Å². The van der Waals surface area contributed by atoms with E-state index in [4.69, 9.17) is 0 Å². The van der Waals surface area contributed by atoms with E-state index in [1.54, 1.807) is 5.56 Å². The second-order valence-electron chi connectivity index (χ2n) is 5.85. The molecule has 1 atom stereocenters. The smallest absolute Gasteiger partial charge is 0.00760 e. The van der Waals surface area contributed by atoms with E-state index < -0.39 is 0 Å². The van der Waals surface area contributed by atoms with Gasteiger partial charge < -0.3 is 5.32 Å². The van der Waals surface area contributed by atoms with Crippen LogP contribution in [0.15, 0.2) is 30.3 Å². The first-order valence-corrected chi connectivity index (χ1v) is 7.18. The largest absolute Gasteiger partial charge is 0.314 e. The summed E-state index contributed by atoms with van der Waals surface area (Å²) in [6.45, 7) is 1.23. The monoisotopic (exact) mass is 229 g/mol. The van der Waals surface area contributed by atoms with Crippen LogP contribution in [0.2, 0.25) is 0 Å². The third-order valence-corrected chi connectivity index (χ3v) is 4.75. The summed E-state index contributed by atoms with van der Waals surface area (Å²) in [5.74, 6) is 0. The third kappa shape index (κ3) is 2.26. The number of benzene rings is 1. The molecule has 17 heavy (non-hydrogen) atoms. The molecule has 2 aliphatic rings. The highest BCUT2D eigenvalue weighted by molar-refractivity contribution is 5.27. The van der Waals surface area contributed by atoms with Crippen molar-refractivity contribution < 1.29 is 0 Å². The Hall–Kier alpha value is -0.820. The highest BCUT2D eigenvalue weighted by atomic mass is 14.9. The molecule has 0 aromatic heterocycles. The molecule has 1 aromatic rings. The predicted octanol–water partition coefficient (Wildman–Crippen LogP) is 3.64. The third-order valence-electron chi connectivity index (χ3n) is 4.75. The van der Waals surface area contributed by atoms with Crippen molar-refractivity contribution >= 4 is 0 Å². The molecule has 1 saturated heterocycles. The molecule has 1 aliphatic carbocycles. The van der Waals surface area contributed by atoms with Gasteiger partial charge >= 0.3 is 0 Å². The Balaban J connectivity index is 1.82. The summed E-state index contributed by atoms with van der Waals surface area (Å²) in [6.07, 6.45) is 9.74. The van der Waals surface area contributed by atoms with Gasteiger partial charge in [0, 0.05) is 6.04 Å². The molecule has 1 nitrogen and oxygen atoms in total. The summed E-state index contributed by atoms with van der Waals surface area (Å²) in [7, 11) is 0. The first-order valence-electron chi connectivity index (χ1n) is 7.18. The number of hydrogen-bond acceptors (Lipinski definition) is 1. The first kappa shape index (κ1) is 11.3. The summed E-state index contributed by atoms with van der Waals surface area (Å²) in [4.78, 5) is 0. The van der Waals surface area contributed by atoms with Crippen LogP contribution in [0.1, 0.15) is 50.5 Å². The Bertz CT molecular complexity index is 345. The molecule has 1 saturated carbocycles. The molecule has 1 aromatic carbocycles. The van der Waals surface area contributed by atoms with E-state index >= 15 is 0 Å². The zero-order valence-electron chi connectivity index (χ0n) is 10.6. The van der Waals surface area contributed by atoms with Crippen molar-refractivity contribution in [3.05, 3.63) is 35.9 Å². The fraction of sp³-hybridized carbons (Fsp3) is 0.625. The van der Waals surface area contributed by atoms with Gasteiger partial charge in [0.15, 0.2) is 0 Å². The number of rotatable bonds is 3. The Morgan fingerprint density at radius 3 is 2.47 bits per heavy atom. The molecule has 0 bridgehead atoms. The summed E-state index contributed by atoms with van der Waals surface area (Å²) in [6, 6.07) is 12.0. The van der Waals surface area contributed by atoms with E-state index in [0.29, 0.717) is 5.41 Å². The van der Waals surface area contributed by atoms with Crippen LogP contribution in [0.5, 0.6) is 0 Å². The van der Waals surface area contributed by atoms with Gasteiger partial charge in [0.1, 0.15) is 0 Å². The SMILES string of the molecule is c1ccc(C2(CC3CCCN3)CCCC2)cc1. The van der Waals surface area contributed by atoms with Gasteiger partial charge in [-0.25, -0.2) is 0 Å². The van der Waals surface area contributed by atoms with E-state index in [1.807, 2.05) is 0 Å². The zero-order chi connectivity index (χ0) is 11.6. The highest BCUT2D eigenvalue weighted by Crippen LogP contribution is 2.45. The first-order chi connectivity index (χ1) is 8.39. The van der Waals surface area contributed by atoms with Crippen LogP contribution in [0.4, 0.5) is 0 Å². The molecule has 1 aliphatic heterocycles. The molecule has 0 amide bonds. The lowest BCUT2D eigenvalue weighted by Crippen LogP contribution is -2.33. The van der Waals surface area contributed by atoms with Gasteiger partial charge in [-0.3, -0.25) is 0 Å². The van der Waals surface area contributed by atoms with Crippen molar-refractivity contribution in [1.29, 1.82) is 0 Å². The fourth-order valence-electron chi connectivity index (χ4n) is 3.86. The second kappa shape index (κ2) is 4.81. The van der Waals surface area contributed by atoms with Gasteiger partial charge in [0.2, 0.25) is 0 Å². The molecule has 1 unspecified atom stereocenters. The average molecular weight is 229 g/mol. The predicted molar refractivity (Wildman–Crippen MR) is 72.2 cm³/mol. The van der Waals surface area contributed by atoms with Crippen LogP contribution in [-0.4, -0.2) is 12.6 Å². The van der Waals surface area contributed by atoms with Crippen LogP contribution in [0.3, 0.4) is 0 Å². The van der Waals surface area contributed by atoms with Gasteiger partial charge in [-0.1, -0.05) is 43.2 Å². The van der Waals surface area contributed by atoms with Crippen LogP contribution in [0, 0.1) is 0 Å². The van der Waals surface area contributed by atoms with Gasteiger partial charge in [-0.15, -0.1) is 0 Å². The number of hydrogen-bond donors (Lipinski definition) is 1. The summed E-state index contributed by atoms with van der Waals surface area (Å²) in [5, 5.41) is 3.68. The summed E-state index contributed by atoms with van der Waals surface area (Å²) >= 11 is 0. The topological polar surface area (TPSA) is 12.0 Å². The second-order valence-corrected chi connectivity index (χ2v) is 5.85. The quantitative estimate of drug-likeness (QED) is 0.834. The lowest BCUT2D eigenvalue weighted by Gasteiger charge is -2.32. The molecule has 3 rings (SSSR count). The van der Waals surface area contributed by atoms with E-state index in [1.165, 1.54) is 51.5 Å². The minimum absolute atomic E-state index is 0.489. The molecule has 1 heterocycles. The minimum atomic E-state index is 0.489. The van der Waals surface area contributed by atoms with Crippen molar-refractivity contribution in [2.75, 3.05) is 6.54 Å². The van der Waals surface area contributed by atoms with E-state index in [2.05, 4.69) is 35.6 Å². The van der Waals surface area contributed by atoms with Crippen molar-refractivity contribution in [1.82, 2.24) is 5.32 Å². The summed E-state index contributed by atoms with van der Waals surface area (Å²) in [5.41, 5.74) is 2.08. The van der Waals surface area contributed by atoms with Gasteiger partial charge in [-0.05, 0) is 49.6 Å². The maximum atomic E-state index is 3.68. The average Bonchev–Trinajstić information content (AvgIpc) is 3.03. The molecule has 0 spiro atoms. The highest BCUT2D eigenvalue weighted by Gasteiger charge is 2.37. The van der Waals surface area contributed by atoms with Crippen LogP contribution in [-0.2, 0) is 5.41 Å². The molecule has 92 valence electrons. The van der Waals surface area contributed by atoms with Crippen molar-refractivity contribution in [2.24, 2.45) is 0 Å². The molecular weight excluding hydrogens is 206 g/mol. The Morgan fingerprint density at radius 1 is 1.06 bits per heavy atom. The maximum Gasteiger partial charge on any atom is 0.00760 e. The molecule has 1 N–H and O–H groups in total. The minimum Gasteiger partial charge on any atom is -0.314 e. The van der Waals surface area contributed by atoms with E-state index in [-0.39, 0.29) is 0 Å². The standard InChI is InChI=1S/C16H23N/c1-2-7-14(8-3-1)16(10-4-5-11-16)13-15-9-6-12-17-15/h1-3,7-8,15,17H,4-6,9-13H2. The van der Waals surface area contributed by atoms with Crippen LogP contribution < -0.4 is 5.32 Å². The maximum absolute atomic E-state index is 3.68. The number of nitrogens with one attached hydrogen (secondary N) is 1. The molecule has 1 heteroatoms. The van der Waals surface area contributed by atoms with E-state index in [9.17, 15) is 0 Å². The fourth-order valence-corrected chi connectivity index (χ4v) is 3.86. The van der Waals surface area contributed by atoms with E-state index in [0.717, 1.165) is 6.04 Å². The van der Waals surface area contributed by atoms with Crippen molar-refractivity contribution in [3.63, 3.8) is 0 Å². The van der Waals surface area contributed by atoms with Crippen LogP contribution >= 0.6 is 0 Å². The molecule has 0 radical (unpaired) electrons.